The fourth-order valence-electron chi connectivity index (χ4n) is 2.32. The molecule has 2 heteroatoms. The van der Waals surface area contributed by atoms with Crippen molar-refractivity contribution in [1.82, 2.24) is 9.88 Å². The van der Waals surface area contributed by atoms with Gasteiger partial charge in [0, 0.05) is 29.1 Å². The molecule has 1 aromatic heterocycles. The van der Waals surface area contributed by atoms with Crippen LogP contribution in [0, 0.1) is 0 Å². The van der Waals surface area contributed by atoms with Gasteiger partial charge in [-0.05, 0) is 46.9 Å². The molecule has 0 aliphatic heterocycles. The summed E-state index contributed by atoms with van der Waals surface area (Å²) in [6, 6.07) is 13.1. The van der Waals surface area contributed by atoms with Crippen LogP contribution >= 0.6 is 0 Å². The molecule has 0 fully saturated rings. The molecule has 1 atom stereocenters. The second-order valence-electron chi connectivity index (χ2n) is 6.33. The number of benzene rings is 1. The topological polar surface area (TPSA) is 16.1 Å². The minimum atomic E-state index is 0.191. The van der Waals surface area contributed by atoms with Gasteiger partial charge in [-0.1, -0.05) is 24.3 Å². The molecule has 0 spiro atoms. The molecule has 0 radical (unpaired) electrons. The van der Waals surface area contributed by atoms with E-state index in [1.807, 2.05) is 6.07 Å². The van der Waals surface area contributed by atoms with Gasteiger partial charge in [-0.2, -0.15) is 0 Å². The quantitative estimate of drug-likeness (QED) is 0.828. The lowest BCUT2D eigenvalue weighted by Crippen LogP contribution is -2.44. The van der Waals surface area contributed by atoms with E-state index < -0.39 is 0 Å². The van der Waals surface area contributed by atoms with Gasteiger partial charge in [0.05, 0.1) is 5.52 Å². The zero-order valence-electron chi connectivity index (χ0n) is 12.6. The fraction of sp³-hybridized carbons (Fsp3) is 0.471. The van der Waals surface area contributed by atoms with E-state index in [1.165, 1.54) is 11.1 Å². The number of para-hydroxylation sites is 1. The fourth-order valence-corrected chi connectivity index (χ4v) is 2.32. The molecule has 102 valence electrons. The molecule has 2 aromatic rings. The Bertz CT molecular complexity index is 554. The summed E-state index contributed by atoms with van der Waals surface area (Å²) < 4.78 is 0. The van der Waals surface area contributed by atoms with Crippen LogP contribution in [0.3, 0.4) is 0 Å². The molecule has 0 saturated carbocycles. The lowest BCUT2D eigenvalue weighted by Gasteiger charge is -2.37. The Morgan fingerprint density at radius 1 is 1.11 bits per heavy atom. The monoisotopic (exact) mass is 256 g/mol. The van der Waals surface area contributed by atoms with Gasteiger partial charge in [0.15, 0.2) is 0 Å². The van der Waals surface area contributed by atoms with Crippen molar-refractivity contribution in [2.24, 2.45) is 0 Å². The summed E-state index contributed by atoms with van der Waals surface area (Å²) in [5, 5.41) is 1.21. The predicted octanol–water partition coefficient (Wildman–Crippen LogP) is 3.90. The first-order valence-corrected chi connectivity index (χ1v) is 6.95. The van der Waals surface area contributed by atoms with Gasteiger partial charge in [-0.25, -0.2) is 0 Å². The van der Waals surface area contributed by atoms with Gasteiger partial charge in [-0.15, -0.1) is 0 Å². The van der Waals surface area contributed by atoms with E-state index in [0.29, 0.717) is 6.04 Å². The lowest BCUT2D eigenvalue weighted by molar-refractivity contribution is 0.125. The minimum Gasteiger partial charge on any atom is -0.298 e. The van der Waals surface area contributed by atoms with Crippen molar-refractivity contribution in [1.29, 1.82) is 0 Å². The number of nitrogens with zero attached hydrogens (tertiary/aromatic N) is 2. The number of aromatic nitrogens is 1. The standard InChI is InChI=1S/C17H24N2/c1-13(19(5)17(2,3)4)12-15-11-10-14-8-6-7-9-16(14)18-15/h6-11,13H,12H2,1-5H3. The van der Waals surface area contributed by atoms with Gasteiger partial charge in [0.2, 0.25) is 0 Å². The van der Waals surface area contributed by atoms with E-state index in [-0.39, 0.29) is 5.54 Å². The van der Waals surface area contributed by atoms with Crippen molar-refractivity contribution in [2.75, 3.05) is 7.05 Å². The van der Waals surface area contributed by atoms with E-state index in [9.17, 15) is 0 Å². The molecular weight excluding hydrogens is 232 g/mol. The van der Waals surface area contributed by atoms with Crippen LogP contribution in [-0.4, -0.2) is 28.5 Å². The third-order valence-corrected chi connectivity index (χ3v) is 3.88. The number of fused-ring (bicyclic) bond motifs is 1. The van der Waals surface area contributed by atoms with E-state index in [0.717, 1.165) is 11.9 Å². The first-order valence-electron chi connectivity index (χ1n) is 6.95. The SMILES string of the molecule is CC(Cc1ccc2ccccc2n1)N(C)C(C)(C)C. The molecule has 19 heavy (non-hydrogen) atoms. The smallest absolute Gasteiger partial charge is 0.0705 e. The van der Waals surface area contributed by atoms with Crippen LogP contribution in [0.2, 0.25) is 0 Å². The van der Waals surface area contributed by atoms with Crippen molar-refractivity contribution in [3.8, 4) is 0 Å². The van der Waals surface area contributed by atoms with Crippen LogP contribution in [-0.2, 0) is 6.42 Å². The van der Waals surface area contributed by atoms with Crippen LogP contribution in [0.5, 0.6) is 0 Å². The summed E-state index contributed by atoms with van der Waals surface area (Å²) in [6.07, 6.45) is 0.985. The second-order valence-corrected chi connectivity index (χ2v) is 6.33. The van der Waals surface area contributed by atoms with Crippen LogP contribution in [0.25, 0.3) is 10.9 Å². The Labute approximate surface area is 116 Å². The summed E-state index contributed by atoms with van der Waals surface area (Å²) in [5.41, 5.74) is 2.45. The number of pyridine rings is 1. The maximum absolute atomic E-state index is 4.75. The van der Waals surface area contributed by atoms with Crippen LogP contribution in [0.15, 0.2) is 36.4 Å². The molecule has 0 saturated heterocycles. The van der Waals surface area contributed by atoms with Gasteiger partial charge in [0.1, 0.15) is 0 Å². The molecule has 0 aliphatic carbocycles. The Kier molecular flexibility index (Phi) is 3.91. The first-order chi connectivity index (χ1) is 8.88. The molecule has 1 unspecified atom stereocenters. The number of likely N-dealkylation sites (N-methyl/N-ethyl adjacent to an activating group) is 1. The summed E-state index contributed by atoms with van der Waals surface area (Å²) in [5.74, 6) is 0. The van der Waals surface area contributed by atoms with Crippen LogP contribution in [0.4, 0.5) is 0 Å². The lowest BCUT2D eigenvalue weighted by atomic mass is 10.0. The highest BCUT2D eigenvalue weighted by Gasteiger charge is 2.22. The number of rotatable bonds is 3. The maximum atomic E-state index is 4.75. The maximum Gasteiger partial charge on any atom is 0.0705 e. The number of hydrogen-bond donors (Lipinski definition) is 0. The van der Waals surface area contributed by atoms with Crippen LogP contribution < -0.4 is 0 Å². The van der Waals surface area contributed by atoms with Crippen LogP contribution in [0.1, 0.15) is 33.4 Å². The van der Waals surface area contributed by atoms with Gasteiger partial charge in [0.25, 0.3) is 0 Å². The highest BCUT2D eigenvalue weighted by atomic mass is 15.2. The second kappa shape index (κ2) is 5.30. The third kappa shape index (κ3) is 3.32. The summed E-state index contributed by atoms with van der Waals surface area (Å²) in [6.45, 7) is 9.01. The van der Waals surface area contributed by atoms with E-state index >= 15 is 0 Å². The zero-order chi connectivity index (χ0) is 14.0. The van der Waals surface area contributed by atoms with E-state index in [4.69, 9.17) is 4.98 Å². The minimum absolute atomic E-state index is 0.191. The highest BCUT2D eigenvalue weighted by molar-refractivity contribution is 5.78. The van der Waals surface area contributed by atoms with Crippen molar-refractivity contribution in [3.63, 3.8) is 0 Å². The van der Waals surface area contributed by atoms with Gasteiger partial charge >= 0.3 is 0 Å². The molecule has 0 amide bonds. The Hall–Kier alpha value is -1.41. The van der Waals surface area contributed by atoms with Gasteiger partial charge < -0.3 is 0 Å². The molecular formula is C17H24N2. The molecule has 1 aromatic carbocycles. The third-order valence-electron chi connectivity index (χ3n) is 3.88. The first kappa shape index (κ1) is 14.0. The molecule has 2 nitrogen and oxygen atoms in total. The van der Waals surface area contributed by atoms with Gasteiger partial charge in [-0.3, -0.25) is 9.88 Å². The highest BCUT2D eigenvalue weighted by Crippen LogP contribution is 2.18. The Morgan fingerprint density at radius 3 is 2.47 bits per heavy atom. The average molecular weight is 256 g/mol. The molecule has 0 bridgehead atoms. The van der Waals surface area contributed by atoms with Crippen molar-refractivity contribution in [3.05, 3.63) is 42.1 Å². The summed E-state index contributed by atoms with van der Waals surface area (Å²) in [4.78, 5) is 7.16. The Balaban J connectivity index is 2.17. The van der Waals surface area contributed by atoms with Crippen molar-refractivity contribution < 1.29 is 0 Å². The van der Waals surface area contributed by atoms with E-state index in [1.54, 1.807) is 0 Å². The predicted molar refractivity (Wildman–Crippen MR) is 82.4 cm³/mol. The molecule has 1 heterocycles. The number of hydrogen-bond acceptors (Lipinski definition) is 2. The zero-order valence-corrected chi connectivity index (χ0v) is 12.6. The van der Waals surface area contributed by atoms with E-state index in [2.05, 4.69) is 70.0 Å². The summed E-state index contributed by atoms with van der Waals surface area (Å²) in [7, 11) is 2.19. The van der Waals surface area contributed by atoms with Crippen molar-refractivity contribution >= 4 is 10.9 Å². The largest absolute Gasteiger partial charge is 0.298 e. The van der Waals surface area contributed by atoms with Crippen molar-refractivity contribution in [2.45, 2.75) is 45.7 Å². The molecule has 2 rings (SSSR count). The molecule has 0 N–H and O–H groups in total. The summed E-state index contributed by atoms with van der Waals surface area (Å²) >= 11 is 0. The Morgan fingerprint density at radius 2 is 1.79 bits per heavy atom. The average Bonchev–Trinajstić information content (AvgIpc) is 2.36. The molecule has 0 aliphatic rings. The normalized spacial score (nSPS) is 14.0.